The van der Waals surface area contributed by atoms with Crippen LogP contribution in [-0.4, -0.2) is 49.6 Å². The summed E-state index contributed by atoms with van der Waals surface area (Å²) in [5, 5.41) is 10.5. The number of carbonyl (C=O) groups is 1. The fourth-order valence-corrected chi connectivity index (χ4v) is 4.72. The molecule has 3 heterocycles. The predicted octanol–water partition coefficient (Wildman–Crippen LogP) is 6.00. The van der Waals surface area contributed by atoms with Crippen LogP contribution in [0.3, 0.4) is 0 Å². The average molecular weight is 525 g/mol. The second-order valence-electron chi connectivity index (χ2n) is 9.82. The van der Waals surface area contributed by atoms with Gasteiger partial charge in [-0.15, -0.1) is 0 Å². The summed E-state index contributed by atoms with van der Waals surface area (Å²) in [6, 6.07) is 10.2. The van der Waals surface area contributed by atoms with E-state index in [0.717, 1.165) is 63.4 Å². The average Bonchev–Trinajstić information content (AvgIpc) is 2.95. The molecule has 2 aromatic rings. The molecule has 3 fully saturated rings. The molecular weight excluding hydrogens is 488 g/mol. The Labute approximate surface area is 223 Å². The molecule has 0 aromatic heterocycles. The number of aromatic hydroxyl groups is 1. The maximum atomic E-state index is 12.9. The van der Waals surface area contributed by atoms with Gasteiger partial charge >= 0.3 is 0 Å². The molecule has 38 heavy (non-hydrogen) atoms. The highest BCUT2D eigenvalue weighted by atomic mass is 16.7. The number of hydrogen-bond acceptors (Lipinski definition) is 8. The number of allylic oxidation sites excluding steroid dienone is 1. The quantitative estimate of drug-likeness (QED) is 0.315. The Morgan fingerprint density at radius 2 is 1.34 bits per heavy atom. The van der Waals surface area contributed by atoms with Crippen LogP contribution in [0, 0.1) is 0 Å². The van der Waals surface area contributed by atoms with Crippen molar-refractivity contribution in [3.63, 3.8) is 0 Å². The summed E-state index contributed by atoms with van der Waals surface area (Å²) >= 11 is 0. The minimum absolute atomic E-state index is 0.136. The van der Waals surface area contributed by atoms with E-state index in [1.54, 1.807) is 18.2 Å². The van der Waals surface area contributed by atoms with Gasteiger partial charge < -0.3 is 33.5 Å². The van der Waals surface area contributed by atoms with Crippen molar-refractivity contribution in [2.45, 2.75) is 76.7 Å². The molecule has 8 nitrogen and oxygen atoms in total. The van der Waals surface area contributed by atoms with E-state index in [1.165, 1.54) is 12.1 Å². The summed E-state index contributed by atoms with van der Waals surface area (Å²) in [5.41, 5.74) is 0.953. The summed E-state index contributed by atoms with van der Waals surface area (Å²) in [5.74, 6) is 1.15. The van der Waals surface area contributed by atoms with Gasteiger partial charge in [0, 0.05) is 25.3 Å². The largest absolute Gasteiger partial charge is 0.507 e. The molecule has 0 saturated carbocycles. The van der Waals surface area contributed by atoms with E-state index >= 15 is 0 Å². The summed E-state index contributed by atoms with van der Waals surface area (Å²) in [6.45, 7) is 2.02. The number of carbonyl (C=O) groups excluding carboxylic acids is 1. The molecule has 3 unspecified atom stereocenters. The van der Waals surface area contributed by atoms with E-state index in [4.69, 9.17) is 28.4 Å². The summed E-state index contributed by atoms with van der Waals surface area (Å²) < 4.78 is 35.2. The maximum Gasteiger partial charge on any atom is 0.200 e. The highest BCUT2D eigenvalue weighted by molar-refractivity contribution is 6.08. The van der Waals surface area contributed by atoms with Gasteiger partial charge in [-0.25, -0.2) is 0 Å². The van der Waals surface area contributed by atoms with Gasteiger partial charge in [0.25, 0.3) is 0 Å². The van der Waals surface area contributed by atoms with Crippen LogP contribution in [0.4, 0.5) is 0 Å². The van der Waals surface area contributed by atoms with E-state index in [0.29, 0.717) is 37.1 Å². The minimum Gasteiger partial charge on any atom is -0.507 e. The molecule has 0 spiro atoms. The minimum atomic E-state index is -0.337. The molecule has 204 valence electrons. The Kier molecular flexibility index (Phi) is 9.17. The van der Waals surface area contributed by atoms with Crippen LogP contribution in [-0.2, 0) is 14.2 Å². The Hall–Kier alpha value is -3.07. The number of ether oxygens (including phenoxy) is 6. The zero-order valence-corrected chi connectivity index (χ0v) is 21.6. The van der Waals surface area contributed by atoms with Crippen LogP contribution >= 0.6 is 0 Å². The third-order valence-corrected chi connectivity index (χ3v) is 6.83. The summed E-state index contributed by atoms with van der Waals surface area (Å²) in [4.78, 5) is 12.9. The van der Waals surface area contributed by atoms with Gasteiger partial charge in [-0.2, -0.15) is 0 Å². The highest BCUT2D eigenvalue weighted by Crippen LogP contribution is 2.34. The molecule has 3 aliphatic heterocycles. The van der Waals surface area contributed by atoms with Crippen molar-refractivity contribution in [3.8, 4) is 23.0 Å². The smallest absolute Gasteiger partial charge is 0.200 e. The Morgan fingerprint density at radius 1 is 0.737 bits per heavy atom. The van der Waals surface area contributed by atoms with Gasteiger partial charge in [-0.3, -0.25) is 4.79 Å². The predicted molar refractivity (Wildman–Crippen MR) is 141 cm³/mol. The Balaban J connectivity index is 1.27. The van der Waals surface area contributed by atoms with Crippen LogP contribution in [0.2, 0.25) is 0 Å². The van der Waals surface area contributed by atoms with Gasteiger partial charge in [0.1, 0.15) is 11.5 Å². The molecular formula is C30H36O8. The number of benzene rings is 2. The Bertz CT molecular complexity index is 1100. The van der Waals surface area contributed by atoms with Crippen LogP contribution in [0.1, 0.15) is 73.7 Å². The van der Waals surface area contributed by atoms with Crippen LogP contribution in [0.5, 0.6) is 23.0 Å². The first-order valence-corrected chi connectivity index (χ1v) is 13.7. The normalized spacial score (nSPS) is 24.2. The first-order chi connectivity index (χ1) is 18.6. The lowest BCUT2D eigenvalue weighted by Gasteiger charge is -2.27. The monoisotopic (exact) mass is 524 g/mol. The molecule has 1 N–H and O–H groups in total. The zero-order chi connectivity index (χ0) is 26.2. The molecule has 0 radical (unpaired) electrons. The van der Waals surface area contributed by atoms with Crippen LogP contribution in [0.15, 0.2) is 42.5 Å². The van der Waals surface area contributed by atoms with Gasteiger partial charge in [0.2, 0.25) is 0 Å². The highest BCUT2D eigenvalue weighted by Gasteiger charge is 2.22. The van der Waals surface area contributed by atoms with E-state index in [2.05, 4.69) is 0 Å². The lowest BCUT2D eigenvalue weighted by atomic mass is 10.1. The lowest BCUT2D eigenvalue weighted by Crippen LogP contribution is -2.27. The van der Waals surface area contributed by atoms with Crippen molar-refractivity contribution >= 4 is 11.9 Å². The lowest BCUT2D eigenvalue weighted by molar-refractivity contribution is -0.119. The number of rotatable bonds is 9. The molecule has 3 aliphatic rings. The molecule has 8 heteroatoms. The van der Waals surface area contributed by atoms with Crippen molar-refractivity contribution in [1.82, 2.24) is 0 Å². The fraction of sp³-hybridized carbons (Fsp3) is 0.500. The van der Waals surface area contributed by atoms with Gasteiger partial charge in [0.15, 0.2) is 36.2 Å². The van der Waals surface area contributed by atoms with Crippen molar-refractivity contribution in [2.75, 3.05) is 19.8 Å². The number of phenols is 1. The molecule has 0 aliphatic carbocycles. The van der Waals surface area contributed by atoms with Gasteiger partial charge in [-0.05, 0) is 74.4 Å². The fourth-order valence-electron chi connectivity index (χ4n) is 4.72. The molecule has 3 saturated heterocycles. The molecule has 3 atom stereocenters. The molecule has 0 amide bonds. The van der Waals surface area contributed by atoms with Gasteiger partial charge in [-0.1, -0.05) is 12.1 Å². The third-order valence-electron chi connectivity index (χ3n) is 6.83. The van der Waals surface area contributed by atoms with E-state index < -0.39 is 0 Å². The van der Waals surface area contributed by atoms with Crippen LogP contribution < -0.4 is 14.2 Å². The number of ketones is 1. The van der Waals surface area contributed by atoms with Gasteiger partial charge in [0.05, 0.1) is 25.4 Å². The zero-order valence-electron chi connectivity index (χ0n) is 21.6. The summed E-state index contributed by atoms with van der Waals surface area (Å²) in [7, 11) is 0. The second kappa shape index (κ2) is 13.1. The first-order valence-electron chi connectivity index (χ1n) is 13.7. The maximum absolute atomic E-state index is 12.9. The standard InChI is InChI=1S/C30H36O8/c31-24(23-13-12-22(20-25(23)32)36-28-7-1-4-16-33-28)14-10-21-11-15-26(37-29-8-2-5-17-34-29)27(19-21)38-30-9-3-6-18-35-30/h10-15,19-20,28-30,32H,1-9,16-18H2. The molecule has 0 bridgehead atoms. The first kappa shape index (κ1) is 26.5. The van der Waals surface area contributed by atoms with Crippen molar-refractivity contribution in [2.24, 2.45) is 0 Å². The number of phenolic OH excluding ortho intramolecular Hbond substituents is 1. The van der Waals surface area contributed by atoms with Crippen molar-refractivity contribution < 1.29 is 38.3 Å². The van der Waals surface area contributed by atoms with E-state index in [1.807, 2.05) is 18.2 Å². The van der Waals surface area contributed by atoms with E-state index in [-0.39, 0.29) is 36.0 Å². The second-order valence-corrected chi connectivity index (χ2v) is 9.82. The SMILES string of the molecule is O=C(C=Cc1ccc(OC2CCCCO2)c(OC2CCCCO2)c1)c1ccc(OC2CCCCO2)cc1O. The molecule has 2 aromatic carbocycles. The number of hydrogen-bond donors (Lipinski definition) is 1. The third kappa shape index (κ3) is 7.28. The molecule has 5 rings (SSSR count). The van der Waals surface area contributed by atoms with Crippen molar-refractivity contribution in [3.05, 3.63) is 53.6 Å². The Morgan fingerprint density at radius 3 is 1.92 bits per heavy atom. The topological polar surface area (TPSA) is 92.7 Å². The summed E-state index contributed by atoms with van der Waals surface area (Å²) in [6.07, 6.45) is 10.8. The van der Waals surface area contributed by atoms with Crippen molar-refractivity contribution in [1.29, 1.82) is 0 Å². The van der Waals surface area contributed by atoms with E-state index in [9.17, 15) is 9.90 Å². The van der Waals surface area contributed by atoms with Crippen LogP contribution in [0.25, 0.3) is 6.08 Å².